The molecule has 0 bridgehead atoms. The number of rotatable bonds is 4. The molecule has 0 spiro atoms. The van der Waals surface area contributed by atoms with Gasteiger partial charge < -0.3 is 19.5 Å². The van der Waals surface area contributed by atoms with Gasteiger partial charge in [-0.15, -0.1) is 0 Å². The molecule has 2 aromatic carbocycles. The van der Waals surface area contributed by atoms with E-state index in [4.69, 9.17) is 14.2 Å². The Bertz CT molecular complexity index is 855. The zero-order chi connectivity index (χ0) is 19.3. The van der Waals surface area contributed by atoms with Gasteiger partial charge in [-0.3, -0.25) is 10.1 Å². The van der Waals surface area contributed by atoms with E-state index in [0.717, 1.165) is 19.3 Å². The van der Waals surface area contributed by atoms with Gasteiger partial charge in [-0.25, -0.2) is 4.79 Å². The standard InChI is InChI=1S/C21H22N2O5/c24-20(14-9-10-18-19(11-14)27-13-26-18)22-16-7-4-8-17(12-16)28-21(25)23-15-5-2-1-3-6-15/h1-3,5-6,9-11,16-17H,4,7-8,12-13H2,(H,22,24)(H,23,25)/t16-,17-/m1/s1. The Kier molecular flexibility index (Phi) is 5.32. The molecule has 0 radical (unpaired) electrons. The van der Waals surface area contributed by atoms with Gasteiger partial charge in [0.05, 0.1) is 0 Å². The third-order valence-corrected chi connectivity index (χ3v) is 4.89. The Balaban J connectivity index is 1.30. The second-order valence-corrected chi connectivity index (χ2v) is 6.92. The fraction of sp³-hybridized carbons (Fsp3) is 0.333. The maximum atomic E-state index is 12.6. The minimum Gasteiger partial charge on any atom is -0.454 e. The van der Waals surface area contributed by atoms with E-state index >= 15 is 0 Å². The first-order valence-electron chi connectivity index (χ1n) is 9.40. The maximum Gasteiger partial charge on any atom is 0.411 e. The Morgan fingerprint density at radius 3 is 2.68 bits per heavy atom. The molecule has 0 aromatic heterocycles. The second-order valence-electron chi connectivity index (χ2n) is 6.92. The van der Waals surface area contributed by atoms with Crippen molar-refractivity contribution in [2.45, 2.75) is 37.8 Å². The zero-order valence-corrected chi connectivity index (χ0v) is 15.4. The lowest BCUT2D eigenvalue weighted by atomic mass is 9.92. The van der Waals surface area contributed by atoms with Crippen molar-refractivity contribution < 1.29 is 23.8 Å². The number of anilines is 1. The van der Waals surface area contributed by atoms with Crippen LogP contribution in [-0.4, -0.2) is 30.9 Å². The minimum absolute atomic E-state index is 0.0406. The predicted molar refractivity (Wildman–Crippen MR) is 103 cm³/mol. The van der Waals surface area contributed by atoms with Gasteiger partial charge in [0.2, 0.25) is 6.79 Å². The molecule has 2 aromatic rings. The molecule has 2 atom stereocenters. The van der Waals surface area contributed by atoms with Crippen LogP contribution in [0.15, 0.2) is 48.5 Å². The molecule has 2 amide bonds. The molecule has 7 heteroatoms. The van der Waals surface area contributed by atoms with E-state index in [2.05, 4.69) is 10.6 Å². The van der Waals surface area contributed by atoms with Crippen LogP contribution >= 0.6 is 0 Å². The fourth-order valence-electron chi connectivity index (χ4n) is 3.51. The van der Waals surface area contributed by atoms with Crippen LogP contribution in [0.25, 0.3) is 0 Å². The molecule has 0 saturated heterocycles. The smallest absolute Gasteiger partial charge is 0.411 e. The molecule has 1 heterocycles. The minimum atomic E-state index is -0.473. The van der Waals surface area contributed by atoms with Crippen LogP contribution in [0.4, 0.5) is 10.5 Å². The molecule has 1 fully saturated rings. The maximum absolute atomic E-state index is 12.6. The molecule has 0 unspecified atom stereocenters. The third-order valence-electron chi connectivity index (χ3n) is 4.89. The monoisotopic (exact) mass is 382 g/mol. The highest BCUT2D eigenvalue weighted by Gasteiger charge is 2.27. The summed E-state index contributed by atoms with van der Waals surface area (Å²) in [6.07, 6.45) is 2.43. The van der Waals surface area contributed by atoms with Crippen LogP contribution in [0.3, 0.4) is 0 Å². The van der Waals surface area contributed by atoms with Crippen LogP contribution in [-0.2, 0) is 4.74 Å². The number of fused-ring (bicyclic) bond motifs is 1. The van der Waals surface area contributed by atoms with Crippen LogP contribution < -0.4 is 20.1 Å². The summed E-state index contributed by atoms with van der Waals surface area (Å²) in [5, 5.41) is 5.75. The number of carbonyl (C=O) groups is 2. The highest BCUT2D eigenvalue weighted by Crippen LogP contribution is 2.32. The summed E-state index contributed by atoms with van der Waals surface area (Å²) < 4.78 is 16.1. The summed E-state index contributed by atoms with van der Waals surface area (Å²) in [7, 11) is 0. The SMILES string of the molecule is O=C(Nc1ccccc1)O[C@@H]1CCC[C@@H](NC(=O)c2ccc3c(c2)OCO3)C1. The van der Waals surface area contributed by atoms with E-state index in [-0.39, 0.29) is 24.8 Å². The first-order valence-corrected chi connectivity index (χ1v) is 9.40. The van der Waals surface area contributed by atoms with Crippen molar-refractivity contribution in [3.8, 4) is 11.5 Å². The molecular weight excluding hydrogens is 360 g/mol. The number of hydrogen-bond acceptors (Lipinski definition) is 5. The lowest BCUT2D eigenvalue weighted by Crippen LogP contribution is -2.41. The quantitative estimate of drug-likeness (QED) is 0.842. The van der Waals surface area contributed by atoms with Crippen LogP contribution in [0.5, 0.6) is 11.5 Å². The Hall–Kier alpha value is -3.22. The van der Waals surface area contributed by atoms with Crippen molar-refractivity contribution in [3.63, 3.8) is 0 Å². The summed E-state index contributed by atoms with van der Waals surface area (Å²) in [6.45, 7) is 0.174. The topological polar surface area (TPSA) is 85.9 Å². The number of ether oxygens (including phenoxy) is 3. The van der Waals surface area contributed by atoms with Gasteiger partial charge in [-0.1, -0.05) is 18.2 Å². The molecule has 1 aliphatic carbocycles. The molecule has 2 aliphatic rings. The van der Waals surface area contributed by atoms with Crippen molar-refractivity contribution in [2.24, 2.45) is 0 Å². The first-order chi connectivity index (χ1) is 13.7. The summed E-state index contributed by atoms with van der Waals surface area (Å²) in [5.74, 6) is 1.06. The number of benzene rings is 2. The van der Waals surface area contributed by atoms with Gasteiger partial charge in [0.1, 0.15) is 6.10 Å². The Morgan fingerprint density at radius 2 is 1.82 bits per heavy atom. The second kappa shape index (κ2) is 8.21. The molecule has 1 saturated carbocycles. The van der Waals surface area contributed by atoms with Crippen LogP contribution in [0.2, 0.25) is 0 Å². The normalized spacial score (nSPS) is 20.3. The van der Waals surface area contributed by atoms with Crippen molar-refractivity contribution in [2.75, 3.05) is 12.1 Å². The predicted octanol–water partition coefficient (Wildman–Crippen LogP) is 3.71. The van der Waals surface area contributed by atoms with E-state index < -0.39 is 6.09 Å². The van der Waals surface area contributed by atoms with E-state index in [0.29, 0.717) is 29.2 Å². The zero-order valence-electron chi connectivity index (χ0n) is 15.4. The Morgan fingerprint density at radius 1 is 1.00 bits per heavy atom. The van der Waals surface area contributed by atoms with Gasteiger partial charge in [-0.05, 0) is 49.6 Å². The Labute approximate surface area is 163 Å². The number of carbonyl (C=O) groups excluding carboxylic acids is 2. The first kappa shape index (κ1) is 18.2. The number of amides is 2. The summed E-state index contributed by atoms with van der Waals surface area (Å²) in [5.41, 5.74) is 1.21. The molecule has 146 valence electrons. The molecule has 28 heavy (non-hydrogen) atoms. The van der Waals surface area contributed by atoms with E-state index in [1.807, 2.05) is 18.2 Å². The van der Waals surface area contributed by atoms with Gasteiger partial charge in [-0.2, -0.15) is 0 Å². The molecule has 2 N–H and O–H groups in total. The highest BCUT2D eigenvalue weighted by atomic mass is 16.7. The largest absolute Gasteiger partial charge is 0.454 e. The lowest BCUT2D eigenvalue weighted by molar-refractivity contribution is 0.0712. The summed E-state index contributed by atoms with van der Waals surface area (Å²) in [4.78, 5) is 24.6. The van der Waals surface area contributed by atoms with E-state index in [1.54, 1.807) is 30.3 Å². The third kappa shape index (κ3) is 4.36. The van der Waals surface area contributed by atoms with Crippen molar-refractivity contribution in [1.82, 2.24) is 5.32 Å². The molecule has 4 rings (SSSR count). The van der Waals surface area contributed by atoms with Crippen LogP contribution in [0.1, 0.15) is 36.0 Å². The van der Waals surface area contributed by atoms with E-state index in [1.165, 1.54) is 0 Å². The summed E-state index contributed by atoms with van der Waals surface area (Å²) >= 11 is 0. The van der Waals surface area contributed by atoms with Gasteiger partial charge in [0, 0.05) is 23.7 Å². The van der Waals surface area contributed by atoms with E-state index in [9.17, 15) is 9.59 Å². The average molecular weight is 382 g/mol. The summed E-state index contributed by atoms with van der Waals surface area (Å²) in [6, 6.07) is 14.3. The lowest BCUT2D eigenvalue weighted by Gasteiger charge is -2.29. The fourth-order valence-corrected chi connectivity index (χ4v) is 3.51. The van der Waals surface area contributed by atoms with Crippen LogP contribution in [0, 0.1) is 0 Å². The molecular formula is C21H22N2O5. The van der Waals surface area contributed by atoms with Crippen molar-refractivity contribution >= 4 is 17.7 Å². The number of nitrogens with one attached hydrogen (secondary N) is 2. The van der Waals surface area contributed by atoms with Gasteiger partial charge in [0.15, 0.2) is 11.5 Å². The highest BCUT2D eigenvalue weighted by molar-refractivity contribution is 5.95. The molecule has 7 nitrogen and oxygen atoms in total. The number of para-hydroxylation sites is 1. The van der Waals surface area contributed by atoms with Crippen molar-refractivity contribution in [1.29, 1.82) is 0 Å². The number of hydrogen-bond donors (Lipinski definition) is 2. The van der Waals surface area contributed by atoms with Gasteiger partial charge >= 0.3 is 6.09 Å². The average Bonchev–Trinajstić information content (AvgIpc) is 3.16. The molecule has 1 aliphatic heterocycles. The van der Waals surface area contributed by atoms with Gasteiger partial charge in [0.25, 0.3) is 5.91 Å². The van der Waals surface area contributed by atoms with Crippen molar-refractivity contribution in [3.05, 3.63) is 54.1 Å².